The van der Waals surface area contributed by atoms with E-state index in [-0.39, 0.29) is 25.1 Å². The second kappa shape index (κ2) is 10.6. The van der Waals surface area contributed by atoms with Gasteiger partial charge in [0.05, 0.1) is 24.2 Å². The molecule has 1 saturated heterocycles. The highest BCUT2D eigenvalue weighted by atomic mass is 32.2. The third-order valence-corrected chi connectivity index (χ3v) is 5.39. The predicted octanol–water partition coefficient (Wildman–Crippen LogP) is 1.13. The van der Waals surface area contributed by atoms with Crippen LogP contribution in [0.1, 0.15) is 20.3 Å². The van der Waals surface area contributed by atoms with E-state index >= 15 is 0 Å². The van der Waals surface area contributed by atoms with Crippen LogP contribution in [0.4, 0.5) is 10.5 Å². The van der Waals surface area contributed by atoms with Crippen LogP contribution < -0.4 is 11.1 Å². The first-order chi connectivity index (χ1) is 12.8. The summed E-state index contributed by atoms with van der Waals surface area (Å²) >= 11 is 0. The molecule has 0 saturated carbocycles. The summed E-state index contributed by atoms with van der Waals surface area (Å²) in [5.41, 5.74) is 6.28. The molecule has 1 heterocycles. The fourth-order valence-electron chi connectivity index (χ4n) is 2.65. The number of ether oxygens (including phenoxy) is 2. The van der Waals surface area contributed by atoms with Crippen molar-refractivity contribution in [2.45, 2.75) is 37.4 Å². The van der Waals surface area contributed by atoms with E-state index in [1.54, 1.807) is 28.6 Å². The molecule has 9 heteroatoms. The van der Waals surface area contributed by atoms with Gasteiger partial charge in [0.1, 0.15) is 17.1 Å². The van der Waals surface area contributed by atoms with Crippen LogP contribution in [0.25, 0.3) is 0 Å². The van der Waals surface area contributed by atoms with Gasteiger partial charge in [0.15, 0.2) is 0 Å². The summed E-state index contributed by atoms with van der Waals surface area (Å²) in [6.45, 7) is 5.72. The summed E-state index contributed by atoms with van der Waals surface area (Å²) < 4.78 is 24.9. The van der Waals surface area contributed by atoms with Crippen molar-refractivity contribution in [2.75, 3.05) is 38.6 Å². The van der Waals surface area contributed by atoms with Gasteiger partial charge in [-0.15, -0.1) is 0 Å². The number of nitrogens with two attached hydrogens (primary N) is 1. The van der Waals surface area contributed by atoms with Crippen LogP contribution in [-0.2, 0) is 20.5 Å². The van der Waals surface area contributed by atoms with E-state index in [0.717, 1.165) is 0 Å². The summed E-state index contributed by atoms with van der Waals surface area (Å²) in [4.78, 5) is 12.4. The van der Waals surface area contributed by atoms with Crippen molar-refractivity contribution in [3.8, 4) is 0 Å². The van der Waals surface area contributed by atoms with E-state index in [1.807, 2.05) is 13.8 Å². The zero-order chi connectivity index (χ0) is 19.8. The summed E-state index contributed by atoms with van der Waals surface area (Å²) in [7, 11) is -1.43. The lowest BCUT2D eigenvalue weighted by Gasteiger charge is -2.25. The molecule has 152 valence electrons. The van der Waals surface area contributed by atoms with Crippen LogP contribution in [-0.4, -0.2) is 64.8 Å². The largest absolute Gasteiger partial charge is 0.444 e. The quantitative estimate of drug-likeness (QED) is 0.536. The van der Waals surface area contributed by atoms with Crippen LogP contribution in [0.3, 0.4) is 0 Å². The van der Waals surface area contributed by atoms with Crippen LogP contribution in [0.5, 0.6) is 0 Å². The number of hydrogen-bond donors (Lipinski definition) is 3. The highest BCUT2D eigenvalue weighted by Crippen LogP contribution is 2.15. The third kappa shape index (κ3) is 7.45. The van der Waals surface area contributed by atoms with Crippen LogP contribution in [0.2, 0.25) is 0 Å². The number of amides is 1. The summed E-state index contributed by atoms with van der Waals surface area (Å²) in [6.07, 6.45) is -1.02. The molecule has 0 radical (unpaired) electrons. The zero-order valence-electron chi connectivity index (χ0n) is 15.8. The maximum absolute atomic E-state index is 12.9. The normalized spacial score (nSPS) is 19.2. The Kier molecular flexibility index (Phi) is 8.49. The number of alkyl carbamates (subject to hydrolysis) is 1. The number of nitrogens with zero attached hydrogens (tertiary/aromatic N) is 1. The first kappa shape index (κ1) is 21.6. The number of nitrogen functional groups attached to an aromatic ring is 1. The molecule has 0 aromatic heterocycles. The number of rotatable bonds is 9. The minimum atomic E-state index is -1.43. The molecule has 3 atom stereocenters. The fourth-order valence-corrected chi connectivity index (χ4v) is 4.06. The molecule has 1 amide bonds. The molecule has 1 aliphatic heterocycles. The zero-order valence-corrected chi connectivity index (χ0v) is 16.6. The number of anilines is 1. The molecular weight excluding hydrogens is 370 g/mol. The van der Waals surface area contributed by atoms with E-state index in [9.17, 15) is 14.1 Å². The highest BCUT2D eigenvalue weighted by Gasteiger charge is 2.22. The van der Waals surface area contributed by atoms with Gasteiger partial charge >= 0.3 is 6.09 Å². The Bertz CT molecular complexity index is 620. The number of carbonyl (C=O) groups excluding carboxylic acids is 1. The van der Waals surface area contributed by atoms with Gasteiger partial charge in [0, 0.05) is 31.7 Å². The smallest absolute Gasteiger partial charge is 0.407 e. The number of carbonyl (C=O) groups is 1. The summed E-state index contributed by atoms with van der Waals surface area (Å²) in [5.74, 6) is 0.259. The third-order valence-electron chi connectivity index (χ3n) is 3.94. The Labute approximate surface area is 162 Å². The van der Waals surface area contributed by atoms with Crippen molar-refractivity contribution in [1.82, 2.24) is 9.62 Å². The molecule has 4 N–H and O–H groups in total. The predicted molar refractivity (Wildman–Crippen MR) is 103 cm³/mol. The molecule has 1 aliphatic rings. The number of aliphatic hydroxyl groups is 1. The fraction of sp³-hybridized carbons (Fsp3) is 0.611. The minimum absolute atomic E-state index is 0.0138. The molecule has 3 unspecified atom stereocenters. The van der Waals surface area contributed by atoms with Gasteiger partial charge in [0.2, 0.25) is 0 Å². The van der Waals surface area contributed by atoms with Crippen LogP contribution in [0.15, 0.2) is 29.2 Å². The highest BCUT2D eigenvalue weighted by molar-refractivity contribution is 7.82. The van der Waals surface area contributed by atoms with Crippen LogP contribution in [0, 0.1) is 5.92 Å². The molecule has 0 bridgehead atoms. The molecule has 1 aromatic carbocycles. The van der Waals surface area contributed by atoms with Gasteiger partial charge in [0.25, 0.3) is 0 Å². The topological polar surface area (TPSA) is 114 Å². The molecule has 27 heavy (non-hydrogen) atoms. The molecule has 1 fully saturated rings. The first-order valence-electron chi connectivity index (χ1n) is 9.07. The Morgan fingerprint density at radius 1 is 1.41 bits per heavy atom. The van der Waals surface area contributed by atoms with E-state index in [2.05, 4.69) is 5.32 Å². The Morgan fingerprint density at radius 2 is 2.11 bits per heavy atom. The SMILES string of the molecule is CC(C)CN(CC(O)CNC(=O)OC1CCOC1)S(=O)c1ccc(N)cc1. The van der Waals surface area contributed by atoms with Gasteiger partial charge in [-0.1, -0.05) is 13.8 Å². The lowest BCUT2D eigenvalue weighted by molar-refractivity contribution is 0.0770. The molecule has 0 aliphatic carbocycles. The van der Waals surface area contributed by atoms with Gasteiger partial charge in [-0.25, -0.2) is 13.3 Å². The van der Waals surface area contributed by atoms with E-state index < -0.39 is 23.2 Å². The standard InChI is InChI=1S/C18H29N3O5S/c1-13(2)10-21(27(24)17-5-3-14(19)4-6-17)11-15(22)9-20-18(23)26-16-7-8-25-12-16/h3-6,13,15-16,22H,7-12,19H2,1-2H3,(H,20,23). The second-order valence-corrected chi connectivity index (χ2v) is 8.47. The number of nitrogens with one attached hydrogen (secondary N) is 1. The van der Waals surface area contributed by atoms with Crippen molar-refractivity contribution in [3.05, 3.63) is 24.3 Å². The number of hydrogen-bond acceptors (Lipinski definition) is 6. The van der Waals surface area contributed by atoms with Crippen molar-refractivity contribution < 1.29 is 23.6 Å². The summed E-state index contributed by atoms with van der Waals surface area (Å²) in [6, 6.07) is 6.82. The summed E-state index contributed by atoms with van der Waals surface area (Å²) in [5, 5.41) is 12.8. The molecule has 0 spiro atoms. The lowest BCUT2D eigenvalue weighted by Crippen LogP contribution is -2.42. The molecule has 8 nitrogen and oxygen atoms in total. The van der Waals surface area contributed by atoms with E-state index in [1.165, 1.54) is 0 Å². The van der Waals surface area contributed by atoms with Gasteiger partial charge in [-0.05, 0) is 30.2 Å². The second-order valence-electron chi connectivity index (χ2n) is 6.98. The van der Waals surface area contributed by atoms with Crippen molar-refractivity contribution in [1.29, 1.82) is 0 Å². The monoisotopic (exact) mass is 399 g/mol. The first-order valence-corrected chi connectivity index (χ1v) is 10.2. The van der Waals surface area contributed by atoms with Gasteiger partial charge in [-0.2, -0.15) is 0 Å². The molecule has 1 aromatic rings. The maximum Gasteiger partial charge on any atom is 0.407 e. The van der Waals surface area contributed by atoms with E-state index in [0.29, 0.717) is 36.8 Å². The molecule has 2 rings (SSSR count). The number of aliphatic hydroxyl groups excluding tert-OH is 1. The van der Waals surface area contributed by atoms with Crippen molar-refractivity contribution in [2.24, 2.45) is 5.92 Å². The molecular formula is C18H29N3O5S. The van der Waals surface area contributed by atoms with Gasteiger partial charge in [-0.3, -0.25) is 0 Å². The average molecular weight is 400 g/mol. The average Bonchev–Trinajstić information content (AvgIpc) is 3.12. The Balaban J connectivity index is 1.87. The minimum Gasteiger partial charge on any atom is -0.444 e. The van der Waals surface area contributed by atoms with Crippen molar-refractivity contribution >= 4 is 22.8 Å². The maximum atomic E-state index is 12.9. The van der Waals surface area contributed by atoms with Crippen LogP contribution >= 0.6 is 0 Å². The van der Waals surface area contributed by atoms with Crippen molar-refractivity contribution in [3.63, 3.8) is 0 Å². The Hall–Kier alpha value is -1.68. The van der Waals surface area contributed by atoms with Gasteiger partial charge < -0.3 is 25.6 Å². The number of benzene rings is 1. The lowest BCUT2D eigenvalue weighted by atomic mass is 10.2. The Morgan fingerprint density at radius 3 is 2.70 bits per heavy atom. The van der Waals surface area contributed by atoms with E-state index in [4.69, 9.17) is 15.2 Å².